The first-order valence-electron chi connectivity index (χ1n) is 7.12. The Bertz CT molecular complexity index is 292. The Hall–Kier alpha value is -0.650. The van der Waals surface area contributed by atoms with Crippen molar-refractivity contribution in [2.45, 2.75) is 57.7 Å². The third-order valence-electron chi connectivity index (χ3n) is 3.44. The number of β-amino-alcohol motifs (C(OH)–C–C–N with tert-alkyl or cyclic N) is 1. The Morgan fingerprint density at radius 1 is 1.58 bits per heavy atom. The summed E-state index contributed by atoms with van der Waals surface area (Å²) in [5.74, 6) is 0.109. The van der Waals surface area contributed by atoms with Crippen molar-refractivity contribution < 1.29 is 14.6 Å². The zero-order chi connectivity index (χ0) is 14.5. The number of aliphatic hydroxyl groups is 1. The van der Waals surface area contributed by atoms with Crippen LogP contribution in [0.4, 0.5) is 0 Å². The van der Waals surface area contributed by atoms with Gasteiger partial charge in [-0.25, -0.2) is 0 Å². The molecule has 1 aliphatic heterocycles. The van der Waals surface area contributed by atoms with E-state index in [1.807, 2.05) is 13.8 Å². The maximum Gasteiger partial charge on any atom is 0.239 e. The summed E-state index contributed by atoms with van der Waals surface area (Å²) in [6.07, 6.45) is 2.40. The number of likely N-dealkylation sites (tertiary alicyclic amines) is 1. The van der Waals surface area contributed by atoms with Crippen LogP contribution in [0, 0.1) is 0 Å². The molecule has 0 aliphatic carbocycles. The van der Waals surface area contributed by atoms with Gasteiger partial charge in [-0.3, -0.25) is 4.79 Å². The van der Waals surface area contributed by atoms with E-state index in [0.29, 0.717) is 25.6 Å². The van der Waals surface area contributed by atoms with Gasteiger partial charge in [0.05, 0.1) is 11.6 Å². The number of methoxy groups -OCH3 is 1. The molecule has 1 saturated heterocycles. The van der Waals surface area contributed by atoms with Gasteiger partial charge in [-0.05, 0) is 19.8 Å². The smallest absolute Gasteiger partial charge is 0.239 e. The second-order valence-electron chi connectivity index (χ2n) is 6.02. The Kier molecular flexibility index (Phi) is 6.23. The summed E-state index contributed by atoms with van der Waals surface area (Å²) in [5.41, 5.74) is -0.884. The normalized spacial score (nSPS) is 23.8. The first-order chi connectivity index (χ1) is 8.85. The van der Waals surface area contributed by atoms with Gasteiger partial charge in [-0.1, -0.05) is 13.8 Å². The molecule has 0 radical (unpaired) electrons. The van der Waals surface area contributed by atoms with Gasteiger partial charge >= 0.3 is 0 Å². The van der Waals surface area contributed by atoms with E-state index in [1.165, 1.54) is 0 Å². The van der Waals surface area contributed by atoms with Gasteiger partial charge in [0.1, 0.15) is 0 Å². The number of rotatable bonds is 7. The highest BCUT2D eigenvalue weighted by Crippen LogP contribution is 2.18. The molecule has 2 atom stereocenters. The van der Waals surface area contributed by atoms with Crippen LogP contribution in [-0.4, -0.2) is 60.4 Å². The number of amides is 1. The predicted molar refractivity (Wildman–Crippen MR) is 75.0 cm³/mol. The van der Waals surface area contributed by atoms with Crippen LogP contribution >= 0.6 is 0 Å². The lowest BCUT2D eigenvalue weighted by Gasteiger charge is -2.37. The van der Waals surface area contributed by atoms with Crippen LogP contribution in [-0.2, 0) is 9.53 Å². The number of nitrogens with zero attached hydrogens (tertiary/aromatic N) is 1. The number of nitrogens with one attached hydrogen (secondary N) is 1. The third kappa shape index (κ3) is 5.47. The van der Waals surface area contributed by atoms with Crippen molar-refractivity contribution in [3.8, 4) is 0 Å². The molecule has 2 N–H and O–H groups in total. The fourth-order valence-electron chi connectivity index (χ4n) is 2.47. The lowest BCUT2D eigenvalue weighted by molar-refractivity contribution is -0.140. The first kappa shape index (κ1) is 16.4. The molecular weight excluding hydrogens is 244 g/mol. The minimum absolute atomic E-state index is 0.105. The van der Waals surface area contributed by atoms with E-state index < -0.39 is 5.60 Å². The van der Waals surface area contributed by atoms with Crippen LogP contribution in [0.5, 0.6) is 0 Å². The Balaban J connectivity index is 2.55. The highest BCUT2D eigenvalue weighted by atomic mass is 16.5. The maximum absolute atomic E-state index is 12.3. The molecule has 0 saturated carbocycles. The van der Waals surface area contributed by atoms with Crippen molar-refractivity contribution in [2.75, 3.05) is 26.8 Å². The summed E-state index contributed by atoms with van der Waals surface area (Å²) < 4.78 is 4.99. The summed E-state index contributed by atoms with van der Waals surface area (Å²) in [6, 6.07) is 0.190. The zero-order valence-corrected chi connectivity index (χ0v) is 12.6. The van der Waals surface area contributed by atoms with Gasteiger partial charge < -0.3 is 20.1 Å². The molecule has 0 aromatic rings. The topological polar surface area (TPSA) is 61.8 Å². The lowest BCUT2D eigenvalue weighted by atomic mass is 9.98. The average molecular weight is 272 g/mol. The van der Waals surface area contributed by atoms with E-state index in [2.05, 4.69) is 5.32 Å². The molecule has 2 unspecified atom stereocenters. The monoisotopic (exact) mass is 272 g/mol. The van der Waals surface area contributed by atoms with Crippen LogP contribution in [0.3, 0.4) is 0 Å². The zero-order valence-electron chi connectivity index (χ0n) is 12.6. The van der Waals surface area contributed by atoms with Gasteiger partial charge in [0.2, 0.25) is 5.91 Å². The van der Waals surface area contributed by atoms with Gasteiger partial charge in [0, 0.05) is 39.3 Å². The summed E-state index contributed by atoms with van der Waals surface area (Å²) >= 11 is 0. The van der Waals surface area contributed by atoms with Gasteiger partial charge in [-0.2, -0.15) is 0 Å². The number of carbonyl (C=O) groups excluding carboxylic acids is 1. The van der Waals surface area contributed by atoms with E-state index in [0.717, 1.165) is 19.4 Å². The van der Waals surface area contributed by atoms with Crippen LogP contribution in [0.2, 0.25) is 0 Å². The number of hydrogen-bond donors (Lipinski definition) is 2. The molecule has 0 spiro atoms. The highest BCUT2D eigenvalue weighted by Gasteiger charge is 2.33. The van der Waals surface area contributed by atoms with Crippen molar-refractivity contribution in [3.63, 3.8) is 0 Å². The molecule has 1 aliphatic rings. The summed E-state index contributed by atoms with van der Waals surface area (Å²) in [5, 5.41) is 13.6. The minimum Gasteiger partial charge on any atom is -0.388 e. The highest BCUT2D eigenvalue weighted by molar-refractivity contribution is 5.82. The number of carbonyl (C=O) groups is 1. The molecule has 0 bridgehead atoms. The van der Waals surface area contributed by atoms with E-state index in [9.17, 15) is 9.90 Å². The Morgan fingerprint density at radius 2 is 2.26 bits per heavy atom. The van der Waals surface area contributed by atoms with Gasteiger partial charge in [0.15, 0.2) is 0 Å². The molecule has 0 aromatic heterocycles. The van der Waals surface area contributed by atoms with Crippen LogP contribution < -0.4 is 5.32 Å². The average Bonchev–Trinajstić information content (AvgIpc) is 2.31. The fraction of sp³-hybridized carbons (Fsp3) is 0.929. The van der Waals surface area contributed by atoms with Crippen LogP contribution in [0.25, 0.3) is 0 Å². The first-order valence-corrected chi connectivity index (χ1v) is 7.12. The van der Waals surface area contributed by atoms with E-state index in [-0.39, 0.29) is 11.9 Å². The second kappa shape index (κ2) is 7.22. The molecule has 1 rings (SSSR count). The van der Waals surface area contributed by atoms with Crippen molar-refractivity contribution in [3.05, 3.63) is 0 Å². The second-order valence-corrected chi connectivity index (χ2v) is 6.02. The fourth-order valence-corrected chi connectivity index (χ4v) is 2.47. The number of hydrogen-bond acceptors (Lipinski definition) is 4. The molecule has 0 aromatic carbocycles. The number of piperidine rings is 1. The largest absolute Gasteiger partial charge is 0.388 e. The summed E-state index contributed by atoms with van der Waals surface area (Å²) in [7, 11) is 1.62. The van der Waals surface area contributed by atoms with Crippen LogP contribution in [0.1, 0.15) is 40.0 Å². The third-order valence-corrected chi connectivity index (χ3v) is 3.44. The minimum atomic E-state index is -0.884. The number of ether oxygens (including phenoxy) is 1. The standard InChI is InChI=1S/C14H28N2O3/c1-11(2)15-12-6-5-8-16(13(12)17)10-14(3,18)7-9-19-4/h11-12,15,18H,5-10H2,1-4H3. The lowest BCUT2D eigenvalue weighted by Crippen LogP contribution is -2.55. The quantitative estimate of drug-likeness (QED) is 0.718. The summed E-state index contributed by atoms with van der Waals surface area (Å²) in [4.78, 5) is 14.1. The molecule has 5 nitrogen and oxygen atoms in total. The van der Waals surface area contributed by atoms with Gasteiger partial charge in [-0.15, -0.1) is 0 Å². The van der Waals surface area contributed by atoms with Gasteiger partial charge in [0.25, 0.3) is 0 Å². The molecule has 5 heteroatoms. The van der Waals surface area contributed by atoms with Crippen molar-refractivity contribution in [1.29, 1.82) is 0 Å². The molecule has 1 heterocycles. The Morgan fingerprint density at radius 3 is 2.84 bits per heavy atom. The van der Waals surface area contributed by atoms with E-state index >= 15 is 0 Å². The predicted octanol–water partition coefficient (Wildman–Crippen LogP) is 0.763. The van der Waals surface area contributed by atoms with E-state index in [4.69, 9.17) is 4.74 Å². The molecule has 1 fully saturated rings. The van der Waals surface area contributed by atoms with E-state index in [1.54, 1.807) is 18.9 Å². The molecule has 112 valence electrons. The maximum atomic E-state index is 12.3. The van der Waals surface area contributed by atoms with Crippen molar-refractivity contribution in [2.24, 2.45) is 0 Å². The van der Waals surface area contributed by atoms with Crippen molar-refractivity contribution in [1.82, 2.24) is 10.2 Å². The molecular formula is C14H28N2O3. The van der Waals surface area contributed by atoms with Crippen molar-refractivity contribution >= 4 is 5.91 Å². The molecule has 19 heavy (non-hydrogen) atoms. The summed E-state index contributed by atoms with van der Waals surface area (Å²) in [6.45, 7) is 7.47. The SMILES string of the molecule is COCCC(C)(O)CN1CCCC(NC(C)C)C1=O. The van der Waals surface area contributed by atoms with Crippen LogP contribution in [0.15, 0.2) is 0 Å². The molecule has 1 amide bonds. The Labute approximate surface area is 116 Å².